The summed E-state index contributed by atoms with van der Waals surface area (Å²) in [6, 6.07) is 5.09. The lowest BCUT2D eigenvalue weighted by Crippen LogP contribution is -2.51. The lowest BCUT2D eigenvalue weighted by Gasteiger charge is -2.11. The molecule has 0 unspecified atom stereocenters. The molecule has 0 radical (unpaired) electrons. The first-order chi connectivity index (χ1) is 8.93. The highest BCUT2D eigenvalue weighted by Crippen LogP contribution is 2.35. The van der Waals surface area contributed by atoms with Crippen LogP contribution in [0.4, 0.5) is 17.6 Å². The van der Waals surface area contributed by atoms with Gasteiger partial charge in [-0.2, -0.15) is 13.2 Å². The van der Waals surface area contributed by atoms with E-state index in [0.717, 1.165) is 12.1 Å². The number of benzene rings is 1. The molecule has 0 aliphatic rings. The summed E-state index contributed by atoms with van der Waals surface area (Å²) in [6.45, 7) is 0.575. The molecule has 0 aliphatic carbocycles. The minimum atomic E-state index is -4.59. The minimum absolute atomic E-state index is 0.246. The van der Waals surface area contributed by atoms with Crippen LogP contribution in [0.25, 0.3) is 10.9 Å². The van der Waals surface area contributed by atoms with Gasteiger partial charge in [-0.3, -0.25) is 0 Å². The Morgan fingerprint density at radius 3 is 2.63 bits per heavy atom. The molecule has 3 N–H and O–H groups in total. The van der Waals surface area contributed by atoms with E-state index < -0.39 is 17.7 Å². The molecule has 0 saturated carbocycles. The van der Waals surface area contributed by atoms with Crippen molar-refractivity contribution in [2.75, 3.05) is 12.3 Å². The van der Waals surface area contributed by atoms with Crippen LogP contribution in [0.15, 0.2) is 29.2 Å². The maximum Gasteiger partial charge on any atom is 0.433 e. The number of rotatable bonds is 3. The summed E-state index contributed by atoms with van der Waals surface area (Å²) >= 11 is 1.22. The summed E-state index contributed by atoms with van der Waals surface area (Å²) in [7, 11) is 0. The van der Waals surface area contributed by atoms with Crippen molar-refractivity contribution in [1.82, 2.24) is 4.98 Å². The summed E-state index contributed by atoms with van der Waals surface area (Å²) in [4.78, 5) is 3.76. The smallest absolute Gasteiger partial charge is 0.357 e. The molecule has 0 fully saturated rings. The third-order valence-electron chi connectivity index (χ3n) is 2.44. The zero-order valence-corrected chi connectivity index (χ0v) is 10.6. The Morgan fingerprint density at radius 2 is 2.00 bits per heavy atom. The largest absolute Gasteiger partial charge is 0.433 e. The van der Waals surface area contributed by atoms with Crippen molar-refractivity contribution in [3.05, 3.63) is 35.8 Å². The second-order valence-corrected chi connectivity index (χ2v) is 4.98. The molecular weight excluding hydrogens is 280 g/mol. The van der Waals surface area contributed by atoms with Gasteiger partial charge in [0.1, 0.15) is 17.0 Å². The Labute approximate surface area is 111 Å². The third-order valence-corrected chi connectivity index (χ3v) is 3.59. The van der Waals surface area contributed by atoms with E-state index in [9.17, 15) is 17.6 Å². The maximum absolute atomic E-state index is 13.6. The summed E-state index contributed by atoms with van der Waals surface area (Å²) in [6.07, 6.45) is -4.59. The van der Waals surface area contributed by atoms with Crippen LogP contribution in [0.2, 0.25) is 0 Å². The number of thioether (sulfide) groups is 1. The molecule has 0 atom stereocenters. The van der Waals surface area contributed by atoms with E-state index in [4.69, 9.17) is 0 Å². The first kappa shape index (κ1) is 14.1. The third kappa shape index (κ3) is 2.98. The van der Waals surface area contributed by atoms with Gasteiger partial charge in [0, 0.05) is 16.0 Å². The van der Waals surface area contributed by atoms with Crippen LogP contribution in [0, 0.1) is 5.82 Å². The van der Waals surface area contributed by atoms with Gasteiger partial charge in [-0.1, -0.05) is 12.1 Å². The quantitative estimate of drug-likeness (QED) is 0.698. The highest BCUT2D eigenvalue weighted by Gasteiger charge is 2.33. The van der Waals surface area contributed by atoms with Crippen molar-refractivity contribution in [2.24, 2.45) is 0 Å². The Bertz CT molecular complexity index is 598. The first-order valence-electron chi connectivity index (χ1n) is 5.52. The van der Waals surface area contributed by atoms with Crippen molar-refractivity contribution in [2.45, 2.75) is 11.1 Å². The van der Waals surface area contributed by atoms with Crippen LogP contribution in [-0.2, 0) is 6.18 Å². The van der Waals surface area contributed by atoms with Gasteiger partial charge in [0.25, 0.3) is 0 Å². The molecule has 0 spiro atoms. The average Bonchev–Trinajstić information content (AvgIpc) is 2.35. The number of fused-ring (bicyclic) bond motifs is 1. The molecular formula is C12H11F4N2S+. The van der Waals surface area contributed by atoms with Gasteiger partial charge in [0.15, 0.2) is 0 Å². The molecule has 19 heavy (non-hydrogen) atoms. The number of para-hydroxylation sites is 1. The fraction of sp³-hybridized carbons (Fsp3) is 0.250. The Morgan fingerprint density at radius 1 is 1.26 bits per heavy atom. The molecule has 7 heteroatoms. The predicted molar refractivity (Wildman–Crippen MR) is 65.2 cm³/mol. The minimum Gasteiger partial charge on any atom is -0.357 e. The number of nitrogens with zero attached hydrogens (tertiary/aromatic N) is 1. The first-order valence-corrected chi connectivity index (χ1v) is 6.50. The molecule has 2 rings (SSSR count). The highest BCUT2D eigenvalue weighted by molar-refractivity contribution is 7.99. The number of alkyl halides is 3. The monoisotopic (exact) mass is 291 g/mol. The fourth-order valence-electron chi connectivity index (χ4n) is 1.63. The summed E-state index contributed by atoms with van der Waals surface area (Å²) in [5, 5.41) is 0.395. The molecule has 0 saturated heterocycles. The molecule has 102 valence electrons. The van der Waals surface area contributed by atoms with Crippen molar-refractivity contribution in [3.8, 4) is 0 Å². The van der Waals surface area contributed by atoms with Crippen LogP contribution < -0.4 is 5.73 Å². The van der Waals surface area contributed by atoms with E-state index >= 15 is 0 Å². The average molecular weight is 291 g/mol. The maximum atomic E-state index is 13.6. The van der Waals surface area contributed by atoms with Gasteiger partial charge >= 0.3 is 6.18 Å². The van der Waals surface area contributed by atoms with Crippen LogP contribution in [0.5, 0.6) is 0 Å². The Hall–Kier alpha value is -1.34. The van der Waals surface area contributed by atoms with Gasteiger partial charge in [-0.05, 0) is 12.1 Å². The summed E-state index contributed by atoms with van der Waals surface area (Å²) in [5.74, 6) is -0.188. The molecule has 1 heterocycles. The zero-order chi connectivity index (χ0) is 14.0. The molecule has 1 aromatic carbocycles. The zero-order valence-electron chi connectivity index (χ0n) is 9.80. The number of halogens is 4. The van der Waals surface area contributed by atoms with Crippen molar-refractivity contribution in [3.63, 3.8) is 0 Å². The number of hydrogen-bond acceptors (Lipinski definition) is 2. The van der Waals surface area contributed by atoms with E-state index in [1.165, 1.54) is 17.8 Å². The van der Waals surface area contributed by atoms with E-state index in [2.05, 4.69) is 10.7 Å². The molecule has 2 nitrogen and oxygen atoms in total. The van der Waals surface area contributed by atoms with Gasteiger partial charge < -0.3 is 5.73 Å². The Kier molecular flexibility index (Phi) is 3.96. The number of hydrogen-bond donors (Lipinski definition) is 1. The Balaban J connectivity index is 2.66. The SMILES string of the molecule is [NH3+]CCSc1cc(C(F)(F)F)nc2c(F)cccc12. The summed E-state index contributed by atoms with van der Waals surface area (Å²) < 4.78 is 51.8. The molecule has 2 aromatic rings. The number of aromatic nitrogens is 1. The predicted octanol–water partition coefficient (Wildman–Crippen LogP) is 2.73. The molecule has 0 amide bonds. The fourth-order valence-corrected chi connectivity index (χ4v) is 2.51. The lowest BCUT2D eigenvalue weighted by molar-refractivity contribution is -0.360. The van der Waals surface area contributed by atoms with Gasteiger partial charge in [0.2, 0.25) is 0 Å². The van der Waals surface area contributed by atoms with E-state index in [0.29, 0.717) is 22.6 Å². The number of quaternary nitrogens is 1. The summed E-state index contributed by atoms with van der Waals surface area (Å²) in [5.41, 5.74) is 2.32. The topological polar surface area (TPSA) is 40.5 Å². The van der Waals surface area contributed by atoms with Gasteiger partial charge in [-0.25, -0.2) is 9.37 Å². The van der Waals surface area contributed by atoms with Crippen LogP contribution in [-0.4, -0.2) is 17.3 Å². The van der Waals surface area contributed by atoms with Gasteiger partial charge in [0.05, 0.1) is 6.54 Å². The second kappa shape index (κ2) is 5.34. The van der Waals surface area contributed by atoms with Crippen molar-refractivity contribution in [1.29, 1.82) is 0 Å². The molecule has 0 bridgehead atoms. The van der Waals surface area contributed by atoms with E-state index in [1.54, 1.807) is 6.07 Å². The van der Waals surface area contributed by atoms with E-state index in [1.807, 2.05) is 0 Å². The van der Waals surface area contributed by atoms with Crippen molar-refractivity contribution >= 4 is 22.7 Å². The molecule has 0 aliphatic heterocycles. The molecule has 1 aromatic heterocycles. The van der Waals surface area contributed by atoms with Crippen LogP contribution >= 0.6 is 11.8 Å². The highest BCUT2D eigenvalue weighted by atomic mass is 32.2. The standard InChI is InChI=1S/C12H10F4N2S/c13-8-3-1-2-7-9(19-5-4-17)6-10(12(14,15)16)18-11(7)8/h1-3,6H,4-5,17H2/p+1. The van der Waals surface area contributed by atoms with Crippen molar-refractivity contribution < 1.29 is 23.3 Å². The second-order valence-electron chi connectivity index (χ2n) is 3.84. The van der Waals surface area contributed by atoms with Gasteiger partial charge in [-0.15, -0.1) is 11.8 Å². The number of pyridine rings is 1. The van der Waals surface area contributed by atoms with E-state index in [-0.39, 0.29) is 5.52 Å². The lowest BCUT2D eigenvalue weighted by atomic mass is 10.2. The van der Waals surface area contributed by atoms with Crippen LogP contribution in [0.3, 0.4) is 0 Å². The van der Waals surface area contributed by atoms with Crippen LogP contribution in [0.1, 0.15) is 5.69 Å². The normalized spacial score (nSPS) is 12.1.